The molecule has 0 unspecified atom stereocenters. The molecule has 0 amide bonds. The smallest absolute Gasteiger partial charge is 0.0930 e. The number of hydrogen-bond donors (Lipinski definition) is 2. The Labute approximate surface area is 107 Å². The highest BCUT2D eigenvalue weighted by Gasteiger charge is 2.13. The van der Waals surface area contributed by atoms with E-state index in [1.54, 1.807) is 0 Å². The minimum atomic E-state index is 0.685. The maximum absolute atomic E-state index is 4.90. The molecule has 1 saturated carbocycles. The number of hydrazone groups is 2. The van der Waals surface area contributed by atoms with E-state index >= 15 is 0 Å². The average Bonchev–Trinajstić information content (AvgIpc) is 2.24. The van der Waals surface area contributed by atoms with Crippen molar-refractivity contribution in [2.24, 2.45) is 10.2 Å². The first-order valence-electron chi connectivity index (χ1n) is 5.22. The molecule has 0 aromatic carbocycles. The minimum Gasteiger partial charge on any atom is -0.272 e. The van der Waals surface area contributed by atoms with Gasteiger partial charge in [-0.2, -0.15) is 10.2 Å². The Hall–Kier alpha value is -0.880. The Kier molecular flexibility index (Phi) is 5.48. The lowest BCUT2D eigenvalue weighted by Gasteiger charge is -2.15. The van der Waals surface area contributed by atoms with Gasteiger partial charge in [-0.3, -0.25) is 10.9 Å². The Balaban J connectivity index is 2.52. The van der Waals surface area contributed by atoms with Crippen molar-refractivity contribution in [2.75, 3.05) is 0 Å². The van der Waals surface area contributed by atoms with Gasteiger partial charge in [-0.05, 0) is 33.1 Å². The van der Waals surface area contributed by atoms with Gasteiger partial charge in [-0.1, -0.05) is 24.4 Å². The highest BCUT2D eigenvalue weighted by molar-refractivity contribution is 7.80. The van der Waals surface area contributed by atoms with E-state index in [1.807, 2.05) is 13.8 Å². The summed E-state index contributed by atoms with van der Waals surface area (Å²) in [6.45, 7) is 3.63. The Morgan fingerprint density at radius 2 is 1.44 bits per heavy atom. The molecule has 0 aromatic heterocycles. The second kappa shape index (κ2) is 6.65. The summed E-state index contributed by atoms with van der Waals surface area (Å²) in [5.41, 5.74) is 7.83. The van der Waals surface area contributed by atoms with Crippen LogP contribution in [0.4, 0.5) is 0 Å². The maximum atomic E-state index is 4.90. The van der Waals surface area contributed by atoms with Crippen LogP contribution in [0.5, 0.6) is 0 Å². The SMILES string of the molecule is CC(=S)N/N=C1\CCC/C(=N\NC(C)=S)C1. The number of thiocarbonyl (C=S) groups is 2. The van der Waals surface area contributed by atoms with E-state index in [9.17, 15) is 0 Å². The van der Waals surface area contributed by atoms with E-state index in [0.717, 1.165) is 37.1 Å². The van der Waals surface area contributed by atoms with Crippen LogP contribution in [0.2, 0.25) is 0 Å². The molecule has 0 atom stereocenters. The first kappa shape index (κ1) is 13.2. The van der Waals surface area contributed by atoms with Crippen molar-refractivity contribution in [1.29, 1.82) is 0 Å². The third-order valence-electron chi connectivity index (χ3n) is 2.08. The van der Waals surface area contributed by atoms with Crippen LogP contribution in [-0.4, -0.2) is 21.4 Å². The monoisotopic (exact) mass is 256 g/mol. The van der Waals surface area contributed by atoms with E-state index in [4.69, 9.17) is 24.4 Å². The fourth-order valence-electron chi connectivity index (χ4n) is 1.42. The molecule has 0 saturated heterocycles. The maximum Gasteiger partial charge on any atom is 0.0930 e. The summed E-state index contributed by atoms with van der Waals surface area (Å²) in [6, 6.07) is 0. The van der Waals surface area contributed by atoms with E-state index < -0.39 is 0 Å². The van der Waals surface area contributed by atoms with E-state index in [1.165, 1.54) is 0 Å². The van der Waals surface area contributed by atoms with E-state index in [0.29, 0.717) is 9.98 Å². The molecule has 1 fully saturated rings. The fourth-order valence-corrected chi connectivity index (χ4v) is 1.51. The molecule has 1 rings (SSSR count). The topological polar surface area (TPSA) is 48.8 Å². The molecule has 88 valence electrons. The van der Waals surface area contributed by atoms with Gasteiger partial charge in [-0.15, -0.1) is 0 Å². The molecule has 4 nitrogen and oxygen atoms in total. The van der Waals surface area contributed by atoms with Gasteiger partial charge >= 0.3 is 0 Å². The lowest BCUT2D eigenvalue weighted by atomic mass is 9.97. The van der Waals surface area contributed by atoms with Gasteiger partial charge in [0.2, 0.25) is 0 Å². The third-order valence-corrected chi connectivity index (χ3v) is 2.26. The molecular formula is C10H16N4S2. The molecule has 0 aromatic rings. The van der Waals surface area contributed by atoms with Crippen molar-refractivity contribution in [3.63, 3.8) is 0 Å². The summed E-state index contributed by atoms with van der Waals surface area (Å²) in [5.74, 6) is 0. The Morgan fingerprint density at radius 3 is 1.81 bits per heavy atom. The van der Waals surface area contributed by atoms with Crippen LogP contribution in [0.25, 0.3) is 0 Å². The van der Waals surface area contributed by atoms with Crippen LogP contribution in [0, 0.1) is 0 Å². The number of rotatable bonds is 2. The van der Waals surface area contributed by atoms with Gasteiger partial charge in [0.15, 0.2) is 0 Å². The zero-order chi connectivity index (χ0) is 12.0. The fraction of sp³-hybridized carbons (Fsp3) is 0.600. The first-order chi connectivity index (χ1) is 7.58. The van der Waals surface area contributed by atoms with Crippen LogP contribution < -0.4 is 10.9 Å². The zero-order valence-corrected chi connectivity index (χ0v) is 11.2. The molecule has 0 spiro atoms. The summed E-state index contributed by atoms with van der Waals surface area (Å²) in [7, 11) is 0. The molecule has 1 aliphatic rings. The molecule has 6 heteroatoms. The number of nitrogens with one attached hydrogen (secondary N) is 2. The summed E-state index contributed by atoms with van der Waals surface area (Å²) in [4.78, 5) is 1.37. The third kappa shape index (κ3) is 5.27. The summed E-state index contributed by atoms with van der Waals surface area (Å²) < 4.78 is 0. The highest BCUT2D eigenvalue weighted by atomic mass is 32.1. The number of hydrogen-bond acceptors (Lipinski definition) is 4. The van der Waals surface area contributed by atoms with Crippen LogP contribution in [0.1, 0.15) is 39.5 Å². The Morgan fingerprint density at radius 1 is 1.00 bits per heavy atom. The summed E-state index contributed by atoms with van der Waals surface area (Å²) >= 11 is 9.80. The molecule has 0 radical (unpaired) electrons. The molecule has 0 bridgehead atoms. The van der Waals surface area contributed by atoms with Gasteiger partial charge in [-0.25, -0.2) is 0 Å². The lowest BCUT2D eigenvalue weighted by Crippen LogP contribution is -2.22. The number of nitrogens with zero attached hydrogens (tertiary/aromatic N) is 2. The predicted molar refractivity (Wildman–Crippen MR) is 76.2 cm³/mol. The molecule has 16 heavy (non-hydrogen) atoms. The summed E-state index contributed by atoms with van der Waals surface area (Å²) in [6.07, 6.45) is 3.88. The van der Waals surface area contributed by atoms with Gasteiger partial charge < -0.3 is 0 Å². The van der Waals surface area contributed by atoms with Crippen LogP contribution in [-0.2, 0) is 0 Å². The minimum absolute atomic E-state index is 0.685. The van der Waals surface area contributed by atoms with Gasteiger partial charge in [0.05, 0.1) is 9.98 Å². The molecule has 2 N–H and O–H groups in total. The van der Waals surface area contributed by atoms with Crippen LogP contribution >= 0.6 is 24.4 Å². The normalized spacial score (nSPS) is 20.9. The Bertz CT molecular complexity index is 315. The van der Waals surface area contributed by atoms with Crippen molar-refractivity contribution in [3.8, 4) is 0 Å². The molecule has 0 aliphatic heterocycles. The van der Waals surface area contributed by atoms with Crippen molar-refractivity contribution in [1.82, 2.24) is 10.9 Å². The van der Waals surface area contributed by atoms with Gasteiger partial charge in [0.1, 0.15) is 0 Å². The quantitative estimate of drug-likeness (QED) is 0.587. The van der Waals surface area contributed by atoms with E-state index in [2.05, 4.69) is 21.1 Å². The highest BCUT2D eigenvalue weighted by Crippen LogP contribution is 2.12. The zero-order valence-electron chi connectivity index (χ0n) is 9.54. The average molecular weight is 256 g/mol. The van der Waals surface area contributed by atoms with Gasteiger partial charge in [0.25, 0.3) is 0 Å². The van der Waals surface area contributed by atoms with Crippen molar-refractivity contribution in [3.05, 3.63) is 0 Å². The van der Waals surface area contributed by atoms with Gasteiger partial charge in [0, 0.05) is 17.8 Å². The standard InChI is InChI=1S/C10H16N4S2/c1-7(15)11-13-9-4-3-5-10(6-9)14-12-8(2)16/h3-6H2,1-2H3,(H,11,15)(H,12,16)/b13-9+,14-10+. The first-order valence-corrected chi connectivity index (χ1v) is 6.03. The largest absolute Gasteiger partial charge is 0.272 e. The second-order valence-electron chi connectivity index (χ2n) is 3.72. The molecule has 1 aliphatic carbocycles. The molecular weight excluding hydrogens is 240 g/mol. The molecule has 0 heterocycles. The van der Waals surface area contributed by atoms with Crippen molar-refractivity contribution >= 4 is 45.8 Å². The van der Waals surface area contributed by atoms with Crippen molar-refractivity contribution < 1.29 is 0 Å². The lowest BCUT2D eigenvalue weighted by molar-refractivity contribution is 0.841. The van der Waals surface area contributed by atoms with Crippen molar-refractivity contribution in [2.45, 2.75) is 39.5 Å². The van der Waals surface area contributed by atoms with E-state index in [-0.39, 0.29) is 0 Å². The second-order valence-corrected chi connectivity index (χ2v) is 4.95. The van der Waals surface area contributed by atoms with Crippen LogP contribution in [0.3, 0.4) is 0 Å². The predicted octanol–water partition coefficient (Wildman–Crippen LogP) is 2.15. The van der Waals surface area contributed by atoms with Crippen LogP contribution in [0.15, 0.2) is 10.2 Å². The summed E-state index contributed by atoms with van der Waals surface area (Å²) in [5, 5.41) is 8.49.